The lowest BCUT2D eigenvalue weighted by Crippen LogP contribution is -2.44. The SMILES string of the molecule is CC(C)CC(=O)NCCN(C1CCCCCC1)S(C)(=O)=O. The monoisotopic (exact) mass is 318 g/mol. The zero-order chi connectivity index (χ0) is 15.9. The Hall–Kier alpha value is -0.620. The molecular weight excluding hydrogens is 288 g/mol. The summed E-state index contributed by atoms with van der Waals surface area (Å²) < 4.78 is 25.6. The molecule has 0 radical (unpaired) electrons. The molecule has 6 heteroatoms. The maximum atomic E-state index is 12.0. The third-order valence-corrected chi connectivity index (χ3v) is 5.24. The quantitative estimate of drug-likeness (QED) is 0.731. The third-order valence-electron chi connectivity index (χ3n) is 3.91. The van der Waals surface area contributed by atoms with Gasteiger partial charge in [-0.1, -0.05) is 39.5 Å². The predicted octanol–water partition coefficient (Wildman–Crippen LogP) is 2.13. The lowest BCUT2D eigenvalue weighted by molar-refractivity contribution is -0.121. The number of amides is 1. The molecule has 0 saturated heterocycles. The largest absolute Gasteiger partial charge is 0.355 e. The summed E-state index contributed by atoms with van der Waals surface area (Å²) in [7, 11) is -3.22. The van der Waals surface area contributed by atoms with Crippen LogP contribution in [0.3, 0.4) is 0 Å². The highest BCUT2D eigenvalue weighted by Gasteiger charge is 2.26. The minimum absolute atomic E-state index is 0.000632. The number of carbonyl (C=O) groups is 1. The van der Waals surface area contributed by atoms with Gasteiger partial charge in [-0.2, -0.15) is 4.31 Å². The van der Waals surface area contributed by atoms with Gasteiger partial charge in [0.15, 0.2) is 0 Å². The van der Waals surface area contributed by atoms with Gasteiger partial charge in [0.25, 0.3) is 0 Å². The molecule has 1 fully saturated rings. The van der Waals surface area contributed by atoms with Crippen LogP contribution in [0.4, 0.5) is 0 Å². The van der Waals surface area contributed by atoms with Crippen LogP contribution >= 0.6 is 0 Å². The Morgan fingerprint density at radius 3 is 2.24 bits per heavy atom. The normalized spacial score (nSPS) is 18.0. The first-order valence-electron chi connectivity index (χ1n) is 8.04. The van der Waals surface area contributed by atoms with Gasteiger partial charge in [-0.3, -0.25) is 4.79 Å². The zero-order valence-electron chi connectivity index (χ0n) is 13.6. The van der Waals surface area contributed by atoms with Gasteiger partial charge in [0, 0.05) is 25.6 Å². The number of hydrogen-bond acceptors (Lipinski definition) is 3. The second kappa shape index (κ2) is 8.73. The van der Waals surface area contributed by atoms with Crippen LogP contribution in [0, 0.1) is 5.92 Å². The van der Waals surface area contributed by atoms with Gasteiger partial charge < -0.3 is 5.32 Å². The van der Waals surface area contributed by atoms with Crippen molar-refractivity contribution in [2.45, 2.75) is 64.8 Å². The molecule has 1 saturated carbocycles. The molecule has 124 valence electrons. The molecule has 0 heterocycles. The smallest absolute Gasteiger partial charge is 0.220 e. The molecule has 0 aliphatic heterocycles. The molecule has 0 atom stereocenters. The van der Waals surface area contributed by atoms with Crippen molar-refractivity contribution in [1.82, 2.24) is 9.62 Å². The maximum absolute atomic E-state index is 12.0. The fourth-order valence-electron chi connectivity index (χ4n) is 2.91. The number of sulfonamides is 1. The lowest BCUT2D eigenvalue weighted by atomic mass is 10.1. The van der Waals surface area contributed by atoms with Crippen molar-refractivity contribution in [1.29, 1.82) is 0 Å². The van der Waals surface area contributed by atoms with Crippen LogP contribution < -0.4 is 5.32 Å². The molecule has 0 aromatic carbocycles. The maximum Gasteiger partial charge on any atom is 0.220 e. The Labute approximate surface area is 129 Å². The Balaban J connectivity index is 2.53. The van der Waals surface area contributed by atoms with E-state index in [0.717, 1.165) is 25.7 Å². The van der Waals surface area contributed by atoms with Crippen molar-refractivity contribution in [3.8, 4) is 0 Å². The van der Waals surface area contributed by atoms with Crippen LogP contribution in [0.15, 0.2) is 0 Å². The van der Waals surface area contributed by atoms with Gasteiger partial charge in [-0.15, -0.1) is 0 Å². The van der Waals surface area contributed by atoms with E-state index in [2.05, 4.69) is 5.32 Å². The summed E-state index contributed by atoms with van der Waals surface area (Å²) in [5.74, 6) is 0.317. The molecule has 1 N–H and O–H groups in total. The fourth-order valence-corrected chi connectivity index (χ4v) is 4.09. The molecule has 1 rings (SSSR count). The van der Waals surface area contributed by atoms with E-state index >= 15 is 0 Å². The standard InChI is InChI=1S/C15H30N2O3S/c1-13(2)12-15(18)16-10-11-17(21(3,19)20)14-8-6-4-5-7-9-14/h13-14H,4-12H2,1-3H3,(H,16,18). The number of nitrogens with one attached hydrogen (secondary N) is 1. The summed E-state index contributed by atoms with van der Waals surface area (Å²) in [6.45, 7) is 4.77. The van der Waals surface area contributed by atoms with Crippen LogP contribution in [0.2, 0.25) is 0 Å². The summed E-state index contributed by atoms with van der Waals surface area (Å²) in [5.41, 5.74) is 0. The number of rotatable bonds is 7. The molecule has 1 aliphatic carbocycles. The first kappa shape index (κ1) is 18.4. The number of nitrogens with zero attached hydrogens (tertiary/aromatic N) is 1. The lowest BCUT2D eigenvalue weighted by Gasteiger charge is -2.29. The van der Waals surface area contributed by atoms with E-state index < -0.39 is 10.0 Å². The van der Waals surface area contributed by atoms with Crippen LogP contribution in [0.25, 0.3) is 0 Å². The van der Waals surface area contributed by atoms with E-state index in [1.165, 1.54) is 19.1 Å². The van der Waals surface area contributed by atoms with Crippen LogP contribution in [0.5, 0.6) is 0 Å². The van der Waals surface area contributed by atoms with Crippen molar-refractivity contribution >= 4 is 15.9 Å². The van der Waals surface area contributed by atoms with Crippen molar-refractivity contribution in [3.05, 3.63) is 0 Å². The van der Waals surface area contributed by atoms with Crippen molar-refractivity contribution in [2.75, 3.05) is 19.3 Å². The van der Waals surface area contributed by atoms with Gasteiger partial charge in [-0.25, -0.2) is 8.42 Å². The summed E-state index contributed by atoms with van der Waals surface area (Å²) in [6, 6.07) is 0.101. The van der Waals surface area contributed by atoms with E-state index in [0.29, 0.717) is 25.4 Å². The summed E-state index contributed by atoms with van der Waals surface area (Å²) >= 11 is 0. The second-order valence-electron chi connectivity index (χ2n) is 6.47. The molecule has 0 bridgehead atoms. The highest BCUT2D eigenvalue weighted by Crippen LogP contribution is 2.23. The highest BCUT2D eigenvalue weighted by atomic mass is 32.2. The molecule has 5 nitrogen and oxygen atoms in total. The Bertz CT molecular complexity index is 413. The molecule has 0 spiro atoms. The van der Waals surface area contributed by atoms with Gasteiger partial charge in [0.1, 0.15) is 0 Å². The summed E-state index contributed by atoms with van der Waals surface area (Å²) in [4.78, 5) is 11.6. The summed E-state index contributed by atoms with van der Waals surface area (Å²) in [5, 5.41) is 2.83. The molecule has 1 amide bonds. The van der Waals surface area contributed by atoms with E-state index in [-0.39, 0.29) is 11.9 Å². The Morgan fingerprint density at radius 2 is 1.76 bits per heavy atom. The predicted molar refractivity (Wildman–Crippen MR) is 85.5 cm³/mol. The number of carbonyl (C=O) groups excluding carboxylic acids is 1. The topological polar surface area (TPSA) is 66.5 Å². The average Bonchev–Trinajstić information content (AvgIpc) is 2.60. The van der Waals surface area contributed by atoms with Crippen molar-refractivity contribution < 1.29 is 13.2 Å². The van der Waals surface area contributed by atoms with Crippen molar-refractivity contribution in [2.24, 2.45) is 5.92 Å². The van der Waals surface area contributed by atoms with E-state index in [9.17, 15) is 13.2 Å². The molecule has 1 aliphatic rings. The van der Waals surface area contributed by atoms with Gasteiger partial charge in [-0.05, 0) is 18.8 Å². The molecule has 0 aromatic rings. The molecule has 0 unspecified atom stereocenters. The van der Waals surface area contributed by atoms with Gasteiger partial charge in [0.2, 0.25) is 15.9 Å². The van der Waals surface area contributed by atoms with Gasteiger partial charge in [0.05, 0.1) is 6.26 Å². The molecule has 0 aromatic heterocycles. The van der Waals surface area contributed by atoms with E-state index in [4.69, 9.17) is 0 Å². The van der Waals surface area contributed by atoms with Gasteiger partial charge >= 0.3 is 0 Å². The minimum Gasteiger partial charge on any atom is -0.355 e. The number of hydrogen-bond donors (Lipinski definition) is 1. The van der Waals surface area contributed by atoms with Crippen LogP contribution in [-0.2, 0) is 14.8 Å². The average molecular weight is 318 g/mol. The van der Waals surface area contributed by atoms with Crippen LogP contribution in [-0.4, -0.2) is 44.0 Å². The first-order valence-corrected chi connectivity index (χ1v) is 9.89. The Kier molecular flexibility index (Phi) is 7.66. The van der Waals surface area contributed by atoms with Crippen molar-refractivity contribution in [3.63, 3.8) is 0 Å². The molecular formula is C15H30N2O3S. The summed E-state index contributed by atoms with van der Waals surface area (Å²) in [6.07, 6.45) is 8.21. The van der Waals surface area contributed by atoms with Crippen LogP contribution in [0.1, 0.15) is 58.8 Å². The minimum atomic E-state index is -3.22. The fraction of sp³-hybridized carbons (Fsp3) is 0.933. The second-order valence-corrected chi connectivity index (χ2v) is 8.40. The Morgan fingerprint density at radius 1 is 1.19 bits per heavy atom. The van der Waals surface area contributed by atoms with E-state index in [1.807, 2.05) is 13.8 Å². The molecule has 21 heavy (non-hydrogen) atoms. The van der Waals surface area contributed by atoms with E-state index in [1.54, 1.807) is 4.31 Å². The third kappa shape index (κ3) is 7.27. The zero-order valence-corrected chi connectivity index (χ0v) is 14.4. The highest BCUT2D eigenvalue weighted by molar-refractivity contribution is 7.88. The first-order chi connectivity index (χ1) is 9.80.